The first-order chi connectivity index (χ1) is 25.3. The lowest BCUT2D eigenvalue weighted by atomic mass is 9.88. The van der Waals surface area contributed by atoms with Crippen molar-refractivity contribution in [1.29, 1.82) is 10.5 Å². The van der Waals surface area contributed by atoms with E-state index in [1.54, 1.807) is 29.2 Å². The fourth-order valence-corrected chi connectivity index (χ4v) is 6.37. The Kier molecular flexibility index (Phi) is 11.7. The number of esters is 1. The first-order valence-corrected chi connectivity index (χ1v) is 17.1. The maximum atomic E-state index is 15.0. The first-order valence-electron chi connectivity index (χ1n) is 17.1. The summed E-state index contributed by atoms with van der Waals surface area (Å²) in [6.45, 7) is 6.81. The van der Waals surface area contributed by atoms with Crippen molar-refractivity contribution in [3.05, 3.63) is 107 Å². The lowest BCUT2D eigenvalue weighted by Crippen LogP contribution is -2.48. The average molecular weight is 717 g/mol. The number of hydrogen-bond donors (Lipinski definition) is 1. The van der Waals surface area contributed by atoms with Gasteiger partial charge < -0.3 is 29.1 Å². The number of methoxy groups -OCH3 is 2. The van der Waals surface area contributed by atoms with Crippen LogP contribution in [0.3, 0.4) is 0 Å². The molecule has 1 N–H and O–H groups in total. The third-order valence-electron chi connectivity index (χ3n) is 8.98. The van der Waals surface area contributed by atoms with Crippen LogP contribution in [0.2, 0.25) is 0 Å². The van der Waals surface area contributed by atoms with Gasteiger partial charge in [-0.3, -0.25) is 0 Å². The van der Waals surface area contributed by atoms with Gasteiger partial charge in [0, 0.05) is 37.3 Å². The van der Waals surface area contributed by atoms with E-state index >= 15 is 4.39 Å². The lowest BCUT2D eigenvalue weighted by Gasteiger charge is -2.40. The van der Waals surface area contributed by atoms with E-state index in [0.717, 1.165) is 11.1 Å². The number of piperidine rings is 1. The molecule has 272 valence electrons. The molecule has 1 aliphatic heterocycles. The van der Waals surface area contributed by atoms with Gasteiger partial charge in [-0.05, 0) is 97.8 Å². The Balaban J connectivity index is 1.46. The van der Waals surface area contributed by atoms with Gasteiger partial charge in [-0.25, -0.2) is 14.0 Å². The molecule has 0 unspecified atom stereocenters. The minimum Gasteiger partial charge on any atom is -0.504 e. The van der Waals surface area contributed by atoms with Crippen LogP contribution in [0.5, 0.6) is 11.5 Å². The third kappa shape index (κ3) is 8.95. The van der Waals surface area contributed by atoms with Gasteiger partial charge in [0.15, 0.2) is 11.5 Å². The SMILES string of the molecule is COC(=O)/C=C/c1ccc(CN(C(=O)OC(C)(C)C)C2CCN(c3ccc(-c4ccc(OC)c(O)c4)c(-c4ccc(C#N)c(F)c4)c3C#N)CC2)cc1. The Labute approximate surface area is 308 Å². The van der Waals surface area contributed by atoms with Crippen molar-refractivity contribution < 1.29 is 33.3 Å². The number of anilines is 1. The summed E-state index contributed by atoms with van der Waals surface area (Å²) in [4.78, 5) is 29.0. The molecule has 5 rings (SSSR count). The molecule has 0 aliphatic carbocycles. The number of nitrogens with zero attached hydrogens (tertiary/aromatic N) is 4. The number of phenolic OH excluding ortho intramolecular Hbond substituents is 1. The van der Waals surface area contributed by atoms with Crippen LogP contribution in [0, 0.1) is 28.5 Å². The van der Waals surface area contributed by atoms with Gasteiger partial charge in [0.25, 0.3) is 0 Å². The zero-order valence-electron chi connectivity index (χ0n) is 30.4. The molecule has 53 heavy (non-hydrogen) atoms. The maximum Gasteiger partial charge on any atom is 0.410 e. The summed E-state index contributed by atoms with van der Waals surface area (Å²) in [6.07, 6.45) is 3.73. The quantitative estimate of drug-likeness (QED) is 0.134. The molecule has 1 fully saturated rings. The van der Waals surface area contributed by atoms with Crippen molar-refractivity contribution in [2.45, 2.75) is 51.8 Å². The highest BCUT2D eigenvalue weighted by atomic mass is 19.1. The van der Waals surface area contributed by atoms with Crippen LogP contribution in [0.1, 0.15) is 55.9 Å². The Morgan fingerprint density at radius 3 is 2.25 bits per heavy atom. The van der Waals surface area contributed by atoms with E-state index in [4.69, 9.17) is 9.47 Å². The van der Waals surface area contributed by atoms with E-state index in [1.807, 2.05) is 63.2 Å². The van der Waals surface area contributed by atoms with Crippen LogP contribution in [0.15, 0.2) is 78.9 Å². The minimum absolute atomic E-state index is 0.0903. The number of carbonyl (C=O) groups is 2. The molecule has 0 atom stereocenters. The summed E-state index contributed by atoms with van der Waals surface area (Å²) in [5, 5.41) is 30.6. The van der Waals surface area contributed by atoms with Crippen LogP contribution in [-0.4, -0.2) is 61.0 Å². The number of ether oxygens (including phenoxy) is 3. The second-order valence-corrected chi connectivity index (χ2v) is 13.6. The topological polar surface area (TPSA) is 136 Å². The van der Waals surface area contributed by atoms with E-state index in [9.17, 15) is 25.2 Å². The molecule has 4 aromatic rings. The summed E-state index contributed by atoms with van der Waals surface area (Å²) in [5.74, 6) is -0.970. The predicted molar refractivity (Wildman–Crippen MR) is 199 cm³/mol. The van der Waals surface area contributed by atoms with Gasteiger partial charge in [-0.2, -0.15) is 10.5 Å². The molecular weight excluding hydrogens is 675 g/mol. The summed E-state index contributed by atoms with van der Waals surface area (Å²) < 4.78 is 30.7. The second kappa shape index (κ2) is 16.3. The predicted octanol–water partition coefficient (Wildman–Crippen LogP) is 8.21. The standard InChI is InChI=1S/C42H41FN4O6/c1-42(2,3)53-41(50)47(26-28-8-6-27(7-9-28)10-17-39(49)52-5)32-18-20-46(21-19-32)36-15-14-33(29-13-16-38(51-4)37(48)23-29)40(34(36)25-45)30-11-12-31(24-44)35(43)22-30/h6-17,22-23,32,48H,18-21,26H2,1-5H3/b17-10+. The lowest BCUT2D eigenvalue weighted by molar-refractivity contribution is -0.134. The molecule has 0 aromatic heterocycles. The molecule has 10 nitrogen and oxygen atoms in total. The number of carbonyl (C=O) groups excluding carboxylic acids is 2. The molecule has 0 bridgehead atoms. The smallest absolute Gasteiger partial charge is 0.410 e. The minimum atomic E-state index is -0.710. The van der Waals surface area contributed by atoms with Gasteiger partial charge >= 0.3 is 12.1 Å². The molecule has 0 radical (unpaired) electrons. The molecule has 1 saturated heterocycles. The van der Waals surface area contributed by atoms with Gasteiger partial charge in [0.05, 0.1) is 31.0 Å². The Morgan fingerprint density at radius 1 is 0.962 bits per heavy atom. The number of rotatable bonds is 9. The van der Waals surface area contributed by atoms with E-state index in [2.05, 4.69) is 15.7 Å². The van der Waals surface area contributed by atoms with Gasteiger partial charge in [-0.1, -0.05) is 42.5 Å². The summed E-state index contributed by atoms with van der Waals surface area (Å²) in [5.41, 5.74) is 3.87. The molecule has 1 heterocycles. The number of amides is 1. The number of hydrogen-bond acceptors (Lipinski definition) is 9. The van der Waals surface area contributed by atoms with Crippen molar-refractivity contribution >= 4 is 23.8 Å². The van der Waals surface area contributed by atoms with Gasteiger partial charge in [0.1, 0.15) is 23.6 Å². The maximum absolute atomic E-state index is 15.0. The van der Waals surface area contributed by atoms with E-state index in [-0.39, 0.29) is 23.1 Å². The highest BCUT2D eigenvalue weighted by Gasteiger charge is 2.32. The zero-order valence-corrected chi connectivity index (χ0v) is 30.4. The van der Waals surface area contributed by atoms with Crippen LogP contribution >= 0.6 is 0 Å². The number of aromatic hydroxyl groups is 1. The largest absolute Gasteiger partial charge is 0.504 e. The van der Waals surface area contributed by atoms with Crippen LogP contribution < -0.4 is 9.64 Å². The fraction of sp³-hybridized carbons (Fsp3) is 0.286. The van der Waals surface area contributed by atoms with E-state index in [0.29, 0.717) is 66.0 Å². The van der Waals surface area contributed by atoms with Gasteiger partial charge in [0.2, 0.25) is 0 Å². The normalized spacial score (nSPS) is 13.2. The van der Waals surface area contributed by atoms with Crippen molar-refractivity contribution in [1.82, 2.24) is 4.90 Å². The number of halogens is 1. The molecule has 1 amide bonds. The second-order valence-electron chi connectivity index (χ2n) is 13.6. The number of phenols is 1. The summed E-state index contributed by atoms with van der Waals surface area (Å²) in [7, 11) is 2.77. The van der Waals surface area contributed by atoms with Crippen LogP contribution in [0.4, 0.5) is 14.9 Å². The Morgan fingerprint density at radius 2 is 1.66 bits per heavy atom. The molecule has 1 aliphatic rings. The molecule has 0 spiro atoms. The highest BCUT2D eigenvalue weighted by Crippen LogP contribution is 2.42. The molecular formula is C42H41FN4O6. The van der Waals surface area contributed by atoms with E-state index < -0.39 is 23.5 Å². The first kappa shape index (κ1) is 37.9. The average Bonchev–Trinajstić information content (AvgIpc) is 3.15. The zero-order chi connectivity index (χ0) is 38.3. The van der Waals surface area contributed by atoms with E-state index in [1.165, 1.54) is 38.5 Å². The van der Waals surface area contributed by atoms with Crippen LogP contribution in [-0.2, 0) is 20.8 Å². The summed E-state index contributed by atoms with van der Waals surface area (Å²) >= 11 is 0. The molecule has 0 saturated carbocycles. The Bertz CT molecular complexity index is 2100. The number of nitriles is 2. The monoisotopic (exact) mass is 716 g/mol. The van der Waals surface area contributed by atoms with Crippen molar-refractivity contribution in [2.75, 3.05) is 32.2 Å². The van der Waals surface area contributed by atoms with Crippen molar-refractivity contribution in [3.8, 4) is 45.9 Å². The molecule has 11 heteroatoms. The van der Waals surface area contributed by atoms with Crippen molar-refractivity contribution in [2.24, 2.45) is 0 Å². The highest BCUT2D eigenvalue weighted by molar-refractivity contribution is 5.92. The van der Waals surface area contributed by atoms with Gasteiger partial charge in [-0.15, -0.1) is 0 Å². The molecule has 4 aromatic carbocycles. The number of benzene rings is 4. The third-order valence-corrected chi connectivity index (χ3v) is 8.98. The fourth-order valence-electron chi connectivity index (χ4n) is 6.37. The van der Waals surface area contributed by atoms with Crippen LogP contribution in [0.25, 0.3) is 28.3 Å². The van der Waals surface area contributed by atoms with Crippen molar-refractivity contribution in [3.63, 3.8) is 0 Å². The Hall–Kier alpha value is -6.33. The summed E-state index contributed by atoms with van der Waals surface area (Å²) in [6, 6.07) is 24.4.